The molecule has 2 rings (SSSR count). The predicted molar refractivity (Wildman–Crippen MR) is 87.6 cm³/mol. The summed E-state index contributed by atoms with van der Waals surface area (Å²) < 4.78 is 26.5. The lowest BCUT2D eigenvalue weighted by atomic mass is 10.1. The molecule has 0 aromatic heterocycles. The molecule has 1 aromatic rings. The lowest BCUT2D eigenvalue weighted by molar-refractivity contribution is 0.499. The van der Waals surface area contributed by atoms with Gasteiger partial charge in [0.1, 0.15) is 0 Å². The lowest BCUT2D eigenvalue weighted by Crippen LogP contribution is -2.38. The molecule has 6 heteroatoms. The summed E-state index contributed by atoms with van der Waals surface area (Å²) in [6, 6.07) is 4.75. The zero-order valence-corrected chi connectivity index (χ0v) is 13.8. The van der Waals surface area contributed by atoms with E-state index >= 15 is 0 Å². The van der Waals surface area contributed by atoms with E-state index in [-0.39, 0.29) is 24.0 Å². The van der Waals surface area contributed by atoms with Crippen LogP contribution < -0.4 is 10.6 Å². The normalized spacial score (nSPS) is 14.7. The van der Waals surface area contributed by atoms with E-state index in [0.717, 1.165) is 18.6 Å². The zero-order valence-electron chi connectivity index (χ0n) is 11.5. The number of aliphatic imine (C=N–C) groups is 1. The molecule has 112 valence electrons. The van der Waals surface area contributed by atoms with Gasteiger partial charge < -0.3 is 10.6 Å². The Morgan fingerprint density at radius 3 is 2.75 bits per heavy atom. The number of rotatable bonds is 5. The van der Waals surface area contributed by atoms with Crippen molar-refractivity contribution in [2.75, 3.05) is 13.1 Å². The molecule has 1 aromatic carbocycles. The van der Waals surface area contributed by atoms with E-state index in [2.05, 4.69) is 15.6 Å². The van der Waals surface area contributed by atoms with Crippen LogP contribution in [0.4, 0.5) is 8.78 Å². The Labute approximate surface area is 135 Å². The van der Waals surface area contributed by atoms with Crippen molar-refractivity contribution in [2.45, 2.75) is 32.2 Å². The SMILES string of the molecule is CCNC(=NCCc1cccc(F)c1F)NC1CC1.I. The van der Waals surface area contributed by atoms with Gasteiger partial charge in [-0.3, -0.25) is 4.99 Å². The molecule has 1 aliphatic carbocycles. The van der Waals surface area contributed by atoms with Gasteiger partial charge in [0.05, 0.1) is 0 Å². The van der Waals surface area contributed by atoms with Crippen molar-refractivity contribution in [3.63, 3.8) is 0 Å². The molecule has 1 aliphatic rings. The van der Waals surface area contributed by atoms with Crippen LogP contribution in [-0.2, 0) is 6.42 Å². The van der Waals surface area contributed by atoms with E-state index in [0.29, 0.717) is 24.6 Å². The van der Waals surface area contributed by atoms with Gasteiger partial charge in [0, 0.05) is 19.1 Å². The van der Waals surface area contributed by atoms with E-state index in [1.165, 1.54) is 18.9 Å². The second-order valence-electron chi connectivity index (χ2n) is 4.64. The van der Waals surface area contributed by atoms with Crippen LogP contribution in [0.3, 0.4) is 0 Å². The van der Waals surface area contributed by atoms with Crippen molar-refractivity contribution in [3.8, 4) is 0 Å². The summed E-state index contributed by atoms with van der Waals surface area (Å²) >= 11 is 0. The Hall–Kier alpha value is -0.920. The molecular weight excluding hydrogens is 375 g/mol. The number of nitrogens with zero attached hydrogens (tertiary/aromatic N) is 1. The van der Waals surface area contributed by atoms with Gasteiger partial charge in [0.25, 0.3) is 0 Å². The molecule has 3 nitrogen and oxygen atoms in total. The third-order valence-electron chi connectivity index (χ3n) is 2.95. The van der Waals surface area contributed by atoms with Crippen molar-refractivity contribution >= 4 is 29.9 Å². The van der Waals surface area contributed by atoms with E-state index in [4.69, 9.17) is 0 Å². The molecule has 0 aliphatic heterocycles. The third kappa shape index (κ3) is 5.22. The third-order valence-corrected chi connectivity index (χ3v) is 2.95. The summed E-state index contributed by atoms with van der Waals surface area (Å²) in [5.74, 6) is -0.816. The van der Waals surface area contributed by atoms with Crippen molar-refractivity contribution in [1.82, 2.24) is 10.6 Å². The van der Waals surface area contributed by atoms with E-state index in [1.54, 1.807) is 6.07 Å². The van der Waals surface area contributed by atoms with E-state index < -0.39 is 11.6 Å². The first kappa shape index (κ1) is 17.1. The fourth-order valence-electron chi connectivity index (χ4n) is 1.77. The van der Waals surface area contributed by atoms with Crippen LogP contribution in [0.25, 0.3) is 0 Å². The summed E-state index contributed by atoms with van der Waals surface area (Å²) in [4.78, 5) is 4.36. The Kier molecular flexibility index (Phi) is 7.18. The lowest BCUT2D eigenvalue weighted by Gasteiger charge is -2.10. The van der Waals surface area contributed by atoms with Crippen LogP contribution >= 0.6 is 24.0 Å². The molecule has 1 saturated carbocycles. The fraction of sp³-hybridized carbons (Fsp3) is 0.500. The minimum absolute atomic E-state index is 0. The van der Waals surface area contributed by atoms with Gasteiger partial charge in [0.2, 0.25) is 0 Å². The van der Waals surface area contributed by atoms with Crippen molar-refractivity contribution < 1.29 is 8.78 Å². The highest BCUT2D eigenvalue weighted by Crippen LogP contribution is 2.18. The van der Waals surface area contributed by atoms with Crippen molar-refractivity contribution in [1.29, 1.82) is 0 Å². The highest BCUT2D eigenvalue weighted by Gasteiger charge is 2.21. The maximum atomic E-state index is 13.4. The molecule has 20 heavy (non-hydrogen) atoms. The first-order valence-electron chi connectivity index (χ1n) is 6.68. The Balaban J connectivity index is 0.00000200. The fourth-order valence-corrected chi connectivity index (χ4v) is 1.77. The highest BCUT2D eigenvalue weighted by molar-refractivity contribution is 14.0. The van der Waals surface area contributed by atoms with E-state index in [1.807, 2.05) is 6.92 Å². The van der Waals surface area contributed by atoms with Gasteiger partial charge in [-0.1, -0.05) is 12.1 Å². The largest absolute Gasteiger partial charge is 0.357 e. The maximum Gasteiger partial charge on any atom is 0.191 e. The molecule has 0 heterocycles. The molecule has 1 fully saturated rings. The smallest absolute Gasteiger partial charge is 0.191 e. The first-order chi connectivity index (χ1) is 9.20. The topological polar surface area (TPSA) is 36.4 Å². The average Bonchev–Trinajstić information content (AvgIpc) is 3.19. The molecule has 0 bridgehead atoms. The summed E-state index contributed by atoms with van der Waals surface area (Å²) in [7, 11) is 0. The van der Waals surface area contributed by atoms with Gasteiger partial charge in [-0.15, -0.1) is 24.0 Å². The van der Waals surface area contributed by atoms with Gasteiger partial charge in [0.15, 0.2) is 17.6 Å². The monoisotopic (exact) mass is 395 g/mol. The molecular formula is C14H20F2IN3. The van der Waals surface area contributed by atoms with Gasteiger partial charge in [-0.25, -0.2) is 8.78 Å². The molecule has 0 unspecified atom stereocenters. The Morgan fingerprint density at radius 2 is 2.10 bits per heavy atom. The van der Waals surface area contributed by atoms with Crippen molar-refractivity contribution in [2.24, 2.45) is 4.99 Å². The summed E-state index contributed by atoms with van der Waals surface area (Å²) in [5.41, 5.74) is 0.367. The number of guanidine groups is 1. The van der Waals surface area contributed by atoms with Crippen LogP contribution in [0.15, 0.2) is 23.2 Å². The first-order valence-corrected chi connectivity index (χ1v) is 6.68. The van der Waals surface area contributed by atoms with Crippen LogP contribution in [0, 0.1) is 11.6 Å². The highest BCUT2D eigenvalue weighted by atomic mass is 127. The molecule has 0 saturated heterocycles. The molecule has 0 radical (unpaired) electrons. The number of halogens is 3. The van der Waals surface area contributed by atoms with Crippen LogP contribution in [0.2, 0.25) is 0 Å². The predicted octanol–water partition coefficient (Wildman–Crippen LogP) is 2.84. The van der Waals surface area contributed by atoms with Crippen LogP contribution in [-0.4, -0.2) is 25.1 Å². The number of nitrogens with one attached hydrogen (secondary N) is 2. The number of benzene rings is 1. The van der Waals surface area contributed by atoms with Crippen LogP contribution in [0.5, 0.6) is 0 Å². The zero-order chi connectivity index (χ0) is 13.7. The summed E-state index contributed by atoms with van der Waals surface area (Å²) in [5, 5.41) is 6.41. The second-order valence-corrected chi connectivity index (χ2v) is 4.64. The quantitative estimate of drug-likeness (QED) is 0.457. The summed E-state index contributed by atoms with van der Waals surface area (Å²) in [6.45, 7) is 3.21. The standard InChI is InChI=1S/C14H19F2N3.HI/c1-2-17-14(19-11-6-7-11)18-9-8-10-4-3-5-12(15)13(10)16;/h3-5,11H,2,6-9H2,1H3,(H2,17,18,19);1H. The molecule has 0 atom stereocenters. The summed E-state index contributed by atoms with van der Waals surface area (Å²) in [6.07, 6.45) is 2.73. The van der Waals surface area contributed by atoms with E-state index in [9.17, 15) is 8.78 Å². The van der Waals surface area contributed by atoms with Crippen molar-refractivity contribution in [3.05, 3.63) is 35.4 Å². The van der Waals surface area contributed by atoms with Gasteiger partial charge in [-0.2, -0.15) is 0 Å². The number of hydrogen-bond acceptors (Lipinski definition) is 1. The minimum atomic E-state index is -0.801. The maximum absolute atomic E-state index is 13.4. The Bertz CT molecular complexity index is 462. The Morgan fingerprint density at radius 1 is 1.35 bits per heavy atom. The van der Waals surface area contributed by atoms with Gasteiger partial charge >= 0.3 is 0 Å². The average molecular weight is 395 g/mol. The number of hydrogen-bond donors (Lipinski definition) is 2. The van der Waals surface area contributed by atoms with Gasteiger partial charge in [-0.05, 0) is 37.8 Å². The minimum Gasteiger partial charge on any atom is -0.357 e. The van der Waals surface area contributed by atoms with Crippen LogP contribution in [0.1, 0.15) is 25.3 Å². The molecule has 0 amide bonds. The second kappa shape index (κ2) is 8.39. The molecule has 2 N–H and O–H groups in total. The molecule has 0 spiro atoms.